The van der Waals surface area contributed by atoms with Crippen LogP contribution in [-0.4, -0.2) is 4.98 Å². The van der Waals surface area contributed by atoms with E-state index in [9.17, 15) is 8.78 Å². The summed E-state index contributed by atoms with van der Waals surface area (Å²) in [5.41, 5.74) is 0.436. The lowest BCUT2D eigenvalue weighted by molar-refractivity contribution is 0.585. The predicted molar refractivity (Wildman–Crippen MR) is 66.6 cm³/mol. The van der Waals surface area contributed by atoms with Gasteiger partial charge >= 0.3 is 0 Å². The first kappa shape index (κ1) is 12.3. The molecule has 0 unspecified atom stereocenters. The highest BCUT2D eigenvalue weighted by Crippen LogP contribution is 2.33. The summed E-state index contributed by atoms with van der Waals surface area (Å²) in [5, 5.41) is 3.00. The van der Waals surface area contributed by atoms with Gasteiger partial charge in [0.05, 0.1) is 10.7 Å². The lowest BCUT2D eigenvalue weighted by atomic mass is 10.3. The molecule has 0 saturated heterocycles. The zero-order chi connectivity index (χ0) is 12.4. The lowest BCUT2D eigenvalue weighted by Gasteiger charge is -2.09. The van der Waals surface area contributed by atoms with Crippen molar-refractivity contribution in [2.75, 3.05) is 5.32 Å². The van der Waals surface area contributed by atoms with E-state index < -0.39 is 11.8 Å². The molecule has 0 aliphatic heterocycles. The van der Waals surface area contributed by atoms with E-state index >= 15 is 0 Å². The summed E-state index contributed by atoms with van der Waals surface area (Å²) in [5.74, 6) is -0.775. The molecule has 0 fully saturated rings. The molecule has 2 rings (SSSR count). The molecule has 0 amide bonds. The molecule has 0 saturated carbocycles. The van der Waals surface area contributed by atoms with E-state index in [-0.39, 0.29) is 5.02 Å². The standard InChI is InChI=1S/C11H6BrClF2N2/c12-7-4-6(14)5-8(13)11(7)17-10-3-1-2-9(15)16-10/h1-5H,(H,16,17). The largest absolute Gasteiger partial charge is 0.338 e. The Labute approximate surface area is 110 Å². The maximum absolute atomic E-state index is 13.0. The molecule has 0 atom stereocenters. The summed E-state index contributed by atoms with van der Waals surface area (Å²) >= 11 is 9.04. The third-order valence-electron chi connectivity index (χ3n) is 1.98. The Morgan fingerprint density at radius 2 is 2.00 bits per heavy atom. The van der Waals surface area contributed by atoms with Crippen LogP contribution in [0.3, 0.4) is 0 Å². The van der Waals surface area contributed by atoms with E-state index in [1.807, 2.05) is 0 Å². The van der Waals surface area contributed by atoms with Gasteiger partial charge in [-0.3, -0.25) is 0 Å². The van der Waals surface area contributed by atoms with Crippen molar-refractivity contribution in [3.05, 3.63) is 51.6 Å². The topological polar surface area (TPSA) is 24.9 Å². The molecule has 1 aromatic carbocycles. The zero-order valence-corrected chi connectivity index (χ0v) is 10.7. The minimum absolute atomic E-state index is 0.183. The molecule has 88 valence electrons. The van der Waals surface area contributed by atoms with Crippen molar-refractivity contribution in [1.29, 1.82) is 0 Å². The normalized spacial score (nSPS) is 10.4. The van der Waals surface area contributed by atoms with Gasteiger partial charge in [-0.1, -0.05) is 17.7 Å². The molecule has 6 heteroatoms. The minimum atomic E-state index is -0.607. The highest BCUT2D eigenvalue weighted by molar-refractivity contribution is 9.10. The number of anilines is 2. The summed E-state index contributed by atoms with van der Waals surface area (Å²) < 4.78 is 26.3. The van der Waals surface area contributed by atoms with Crippen LogP contribution in [0, 0.1) is 11.8 Å². The number of nitrogens with one attached hydrogen (secondary N) is 1. The third kappa shape index (κ3) is 2.92. The molecule has 0 bridgehead atoms. The second kappa shape index (κ2) is 4.98. The van der Waals surface area contributed by atoms with E-state index in [4.69, 9.17) is 11.6 Å². The SMILES string of the molecule is Fc1cc(Cl)c(Nc2cccc(F)n2)c(Br)c1. The Morgan fingerprint density at radius 1 is 1.24 bits per heavy atom. The number of pyridine rings is 1. The van der Waals surface area contributed by atoms with Crippen molar-refractivity contribution in [2.24, 2.45) is 0 Å². The summed E-state index contributed by atoms with van der Waals surface area (Å²) in [6.45, 7) is 0. The van der Waals surface area contributed by atoms with Gasteiger partial charge in [-0.25, -0.2) is 9.37 Å². The molecule has 0 spiro atoms. The maximum atomic E-state index is 13.0. The van der Waals surface area contributed by atoms with Gasteiger partial charge in [0, 0.05) is 4.47 Å². The van der Waals surface area contributed by atoms with E-state index in [2.05, 4.69) is 26.2 Å². The van der Waals surface area contributed by atoms with Crippen molar-refractivity contribution in [2.45, 2.75) is 0 Å². The van der Waals surface area contributed by atoms with Crippen LogP contribution in [0.15, 0.2) is 34.8 Å². The Balaban J connectivity index is 2.36. The number of rotatable bonds is 2. The summed E-state index contributed by atoms with van der Waals surface area (Å²) in [4.78, 5) is 3.62. The van der Waals surface area contributed by atoms with Gasteiger partial charge in [0.15, 0.2) is 0 Å². The van der Waals surface area contributed by atoms with Crippen LogP contribution in [0.5, 0.6) is 0 Å². The molecule has 2 aromatic rings. The quantitative estimate of drug-likeness (QED) is 0.823. The number of hydrogen-bond donors (Lipinski definition) is 1. The zero-order valence-electron chi connectivity index (χ0n) is 8.35. The van der Waals surface area contributed by atoms with Crippen LogP contribution in [0.4, 0.5) is 20.3 Å². The maximum Gasteiger partial charge on any atom is 0.214 e. The second-order valence-corrected chi connectivity index (χ2v) is 4.48. The first-order valence-electron chi connectivity index (χ1n) is 4.60. The predicted octanol–water partition coefficient (Wildman–Crippen LogP) is 4.52. The van der Waals surface area contributed by atoms with Crippen molar-refractivity contribution >= 4 is 39.0 Å². The van der Waals surface area contributed by atoms with Crippen LogP contribution < -0.4 is 5.32 Å². The first-order valence-corrected chi connectivity index (χ1v) is 5.77. The van der Waals surface area contributed by atoms with Gasteiger partial charge < -0.3 is 5.32 Å². The smallest absolute Gasteiger partial charge is 0.214 e. The lowest BCUT2D eigenvalue weighted by Crippen LogP contribution is -1.97. The molecular weight excluding hydrogens is 313 g/mol. The molecular formula is C11H6BrClF2N2. The van der Waals surface area contributed by atoms with Crippen LogP contribution in [0.1, 0.15) is 0 Å². The number of hydrogen-bond acceptors (Lipinski definition) is 2. The molecule has 17 heavy (non-hydrogen) atoms. The monoisotopic (exact) mass is 318 g/mol. The number of halogens is 4. The van der Waals surface area contributed by atoms with Crippen LogP contribution >= 0.6 is 27.5 Å². The number of nitrogens with zero attached hydrogens (tertiary/aromatic N) is 1. The van der Waals surface area contributed by atoms with Gasteiger partial charge in [0.2, 0.25) is 5.95 Å². The molecule has 1 N–H and O–H groups in total. The average molecular weight is 320 g/mol. The van der Waals surface area contributed by atoms with E-state index in [0.717, 1.165) is 6.07 Å². The third-order valence-corrected chi connectivity index (χ3v) is 2.90. The average Bonchev–Trinajstić information content (AvgIpc) is 2.23. The van der Waals surface area contributed by atoms with E-state index in [0.29, 0.717) is 16.0 Å². The Kier molecular flexibility index (Phi) is 3.59. The van der Waals surface area contributed by atoms with Gasteiger partial charge in [0.25, 0.3) is 0 Å². The van der Waals surface area contributed by atoms with Crippen molar-refractivity contribution < 1.29 is 8.78 Å². The van der Waals surface area contributed by atoms with Gasteiger partial charge in [-0.05, 0) is 40.2 Å². The van der Waals surface area contributed by atoms with Gasteiger partial charge in [-0.15, -0.1) is 0 Å². The highest BCUT2D eigenvalue weighted by atomic mass is 79.9. The van der Waals surface area contributed by atoms with E-state index in [1.165, 1.54) is 18.2 Å². The summed E-state index contributed by atoms with van der Waals surface area (Å²) in [6, 6.07) is 6.74. The van der Waals surface area contributed by atoms with Crippen molar-refractivity contribution in [3.63, 3.8) is 0 Å². The molecule has 0 radical (unpaired) electrons. The van der Waals surface area contributed by atoms with Crippen molar-refractivity contribution in [3.8, 4) is 0 Å². The molecule has 0 aliphatic carbocycles. The Hall–Kier alpha value is -1.20. The van der Waals surface area contributed by atoms with Gasteiger partial charge in [0.1, 0.15) is 11.6 Å². The van der Waals surface area contributed by atoms with Crippen LogP contribution in [-0.2, 0) is 0 Å². The molecule has 1 aromatic heterocycles. The number of aromatic nitrogens is 1. The summed E-state index contributed by atoms with van der Waals surface area (Å²) in [6.07, 6.45) is 0. The molecule has 0 aliphatic rings. The fourth-order valence-corrected chi connectivity index (χ4v) is 2.17. The van der Waals surface area contributed by atoms with E-state index in [1.54, 1.807) is 6.07 Å². The molecule has 1 heterocycles. The number of benzene rings is 1. The minimum Gasteiger partial charge on any atom is -0.338 e. The van der Waals surface area contributed by atoms with Crippen LogP contribution in [0.25, 0.3) is 0 Å². The Morgan fingerprint density at radius 3 is 2.65 bits per heavy atom. The van der Waals surface area contributed by atoms with Crippen molar-refractivity contribution in [1.82, 2.24) is 4.98 Å². The second-order valence-electron chi connectivity index (χ2n) is 3.21. The van der Waals surface area contributed by atoms with Crippen LogP contribution in [0.2, 0.25) is 5.02 Å². The Bertz CT molecular complexity index is 540. The fraction of sp³-hybridized carbons (Fsp3) is 0. The summed E-state index contributed by atoms with van der Waals surface area (Å²) in [7, 11) is 0. The molecule has 2 nitrogen and oxygen atoms in total. The fourth-order valence-electron chi connectivity index (χ4n) is 1.27. The highest BCUT2D eigenvalue weighted by Gasteiger charge is 2.09. The first-order chi connectivity index (χ1) is 8.06. The van der Waals surface area contributed by atoms with Gasteiger partial charge in [-0.2, -0.15) is 4.39 Å².